The number of halogens is 1. The van der Waals surface area contributed by atoms with Crippen molar-refractivity contribution >= 4 is 29.5 Å². The van der Waals surface area contributed by atoms with Gasteiger partial charge in [-0.2, -0.15) is 0 Å². The standard InChI is InChI=1S/C25H27ClN2O3/c1-17-9-11-18(12-10-17)15-27-24(29)16-28-21-7-2-3-8-22(21)31-23(25(28)30)14-19-5-4-6-20(26)13-19/h4-6,9-14,21-22H,2-3,7-8,15-16H2,1H3,(H,27,29)/b23-14+. The molecule has 31 heavy (non-hydrogen) atoms. The van der Waals surface area contributed by atoms with Crippen LogP contribution in [0, 0.1) is 6.92 Å². The van der Waals surface area contributed by atoms with E-state index in [1.54, 1.807) is 23.1 Å². The monoisotopic (exact) mass is 438 g/mol. The highest BCUT2D eigenvalue weighted by Gasteiger charge is 2.42. The minimum atomic E-state index is -0.242. The van der Waals surface area contributed by atoms with Crippen LogP contribution in [0.3, 0.4) is 0 Å². The lowest BCUT2D eigenvalue weighted by atomic mass is 9.89. The Morgan fingerprint density at radius 2 is 1.97 bits per heavy atom. The van der Waals surface area contributed by atoms with E-state index in [0.717, 1.165) is 36.8 Å². The molecule has 4 rings (SSSR count). The summed E-state index contributed by atoms with van der Waals surface area (Å²) in [6, 6.07) is 15.3. The molecule has 6 heteroatoms. The lowest BCUT2D eigenvalue weighted by Crippen LogP contribution is -2.57. The normalized spacial score (nSPS) is 22.1. The van der Waals surface area contributed by atoms with Crippen molar-refractivity contribution < 1.29 is 14.3 Å². The summed E-state index contributed by atoms with van der Waals surface area (Å²) in [6.07, 6.45) is 5.47. The molecule has 162 valence electrons. The van der Waals surface area contributed by atoms with Crippen LogP contribution >= 0.6 is 11.6 Å². The van der Waals surface area contributed by atoms with E-state index < -0.39 is 0 Å². The van der Waals surface area contributed by atoms with E-state index in [9.17, 15) is 9.59 Å². The molecule has 0 spiro atoms. The minimum absolute atomic E-state index is 0.0299. The van der Waals surface area contributed by atoms with E-state index in [4.69, 9.17) is 16.3 Å². The van der Waals surface area contributed by atoms with Crippen LogP contribution in [0.15, 0.2) is 54.3 Å². The maximum absolute atomic E-state index is 13.2. The molecule has 2 amide bonds. The van der Waals surface area contributed by atoms with Crippen LogP contribution in [-0.2, 0) is 20.9 Å². The number of rotatable bonds is 5. The van der Waals surface area contributed by atoms with E-state index in [-0.39, 0.29) is 36.3 Å². The number of nitrogens with zero attached hydrogens (tertiary/aromatic N) is 1. The number of nitrogens with one attached hydrogen (secondary N) is 1. The van der Waals surface area contributed by atoms with Gasteiger partial charge in [-0.3, -0.25) is 9.59 Å². The maximum atomic E-state index is 13.2. The fraction of sp³-hybridized carbons (Fsp3) is 0.360. The van der Waals surface area contributed by atoms with E-state index in [1.165, 1.54) is 5.56 Å². The second-order valence-electron chi connectivity index (χ2n) is 8.27. The Morgan fingerprint density at radius 1 is 1.19 bits per heavy atom. The lowest BCUT2D eigenvalue weighted by molar-refractivity contribution is -0.151. The predicted molar refractivity (Wildman–Crippen MR) is 121 cm³/mol. The van der Waals surface area contributed by atoms with Crippen molar-refractivity contribution in [3.63, 3.8) is 0 Å². The average Bonchev–Trinajstić information content (AvgIpc) is 2.76. The third-order valence-corrected chi connectivity index (χ3v) is 6.12. The Morgan fingerprint density at radius 3 is 2.74 bits per heavy atom. The van der Waals surface area contributed by atoms with Crippen molar-refractivity contribution in [3.8, 4) is 0 Å². The molecule has 1 N–H and O–H groups in total. The zero-order valence-electron chi connectivity index (χ0n) is 17.6. The van der Waals surface area contributed by atoms with E-state index >= 15 is 0 Å². The molecule has 2 aliphatic rings. The predicted octanol–water partition coefficient (Wildman–Crippen LogP) is 4.48. The average molecular weight is 439 g/mol. The molecule has 1 aliphatic carbocycles. The van der Waals surface area contributed by atoms with Gasteiger partial charge in [-0.05, 0) is 55.5 Å². The SMILES string of the molecule is Cc1ccc(CNC(=O)CN2C(=O)/C(=C\c3cccc(Cl)c3)OC3CCCCC32)cc1. The van der Waals surface area contributed by atoms with Crippen molar-refractivity contribution in [1.29, 1.82) is 0 Å². The van der Waals surface area contributed by atoms with Crippen LogP contribution < -0.4 is 5.32 Å². The molecule has 1 saturated carbocycles. The van der Waals surface area contributed by atoms with Crippen molar-refractivity contribution in [2.45, 2.75) is 51.3 Å². The van der Waals surface area contributed by atoms with Gasteiger partial charge in [-0.15, -0.1) is 0 Å². The van der Waals surface area contributed by atoms with Gasteiger partial charge in [0.05, 0.1) is 6.04 Å². The van der Waals surface area contributed by atoms with Crippen LogP contribution in [0.25, 0.3) is 6.08 Å². The molecule has 0 radical (unpaired) electrons. The molecular formula is C25H27ClN2O3. The second-order valence-corrected chi connectivity index (χ2v) is 8.70. The number of carbonyl (C=O) groups is 2. The highest BCUT2D eigenvalue weighted by atomic mass is 35.5. The summed E-state index contributed by atoms with van der Waals surface area (Å²) >= 11 is 6.08. The first kappa shape index (κ1) is 21.4. The molecule has 0 aromatic heterocycles. The number of hydrogen-bond acceptors (Lipinski definition) is 3. The Balaban J connectivity index is 1.48. The number of hydrogen-bond donors (Lipinski definition) is 1. The summed E-state index contributed by atoms with van der Waals surface area (Å²) in [5.74, 6) is -0.132. The summed E-state index contributed by atoms with van der Waals surface area (Å²) in [7, 11) is 0. The number of aryl methyl sites for hydroxylation is 1. The molecule has 1 heterocycles. The third kappa shape index (κ3) is 5.28. The molecule has 0 bridgehead atoms. The summed E-state index contributed by atoms with van der Waals surface area (Å²) in [5, 5.41) is 3.54. The minimum Gasteiger partial charge on any atom is -0.482 e. The Bertz CT molecular complexity index is 987. The van der Waals surface area contributed by atoms with Gasteiger partial charge in [-0.1, -0.05) is 60.0 Å². The fourth-order valence-electron chi connectivity index (χ4n) is 4.23. The van der Waals surface area contributed by atoms with Crippen molar-refractivity contribution in [1.82, 2.24) is 10.2 Å². The number of morpholine rings is 1. The maximum Gasteiger partial charge on any atom is 0.289 e. The van der Waals surface area contributed by atoms with E-state index in [2.05, 4.69) is 5.32 Å². The second kappa shape index (κ2) is 9.56. The molecule has 1 saturated heterocycles. The van der Waals surface area contributed by atoms with Gasteiger partial charge in [0.15, 0.2) is 5.76 Å². The van der Waals surface area contributed by atoms with Gasteiger partial charge < -0.3 is 15.0 Å². The topological polar surface area (TPSA) is 58.6 Å². The summed E-state index contributed by atoms with van der Waals surface area (Å²) in [4.78, 5) is 27.6. The number of ether oxygens (including phenoxy) is 1. The molecular weight excluding hydrogens is 412 g/mol. The van der Waals surface area contributed by atoms with Gasteiger partial charge in [0.1, 0.15) is 12.6 Å². The number of amides is 2. The zero-order chi connectivity index (χ0) is 21.8. The van der Waals surface area contributed by atoms with Crippen LogP contribution in [0.4, 0.5) is 0 Å². The van der Waals surface area contributed by atoms with Crippen molar-refractivity contribution in [3.05, 3.63) is 76.0 Å². The van der Waals surface area contributed by atoms with E-state index in [1.807, 2.05) is 43.3 Å². The Kier molecular flexibility index (Phi) is 6.62. The van der Waals surface area contributed by atoms with Gasteiger partial charge in [0.25, 0.3) is 5.91 Å². The number of fused-ring (bicyclic) bond motifs is 1. The molecule has 2 unspecified atom stereocenters. The first-order valence-corrected chi connectivity index (χ1v) is 11.1. The highest BCUT2D eigenvalue weighted by molar-refractivity contribution is 6.30. The molecule has 2 aromatic rings. The van der Waals surface area contributed by atoms with Crippen LogP contribution in [0.1, 0.15) is 42.4 Å². The molecule has 5 nitrogen and oxygen atoms in total. The number of benzene rings is 2. The molecule has 2 atom stereocenters. The first-order valence-electron chi connectivity index (χ1n) is 10.8. The first-order chi connectivity index (χ1) is 15.0. The fourth-order valence-corrected chi connectivity index (χ4v) is 4.43. The van der Waals surface area contributed by atoms with Gasteiger partial charge >= 0.3 is 0 Å². The van der Waals surface area contributed by atoms with Gasteiger partial charge in [-0.25, -0.2) is 0 Å². The largest absolute Gasteiger partial charge is 0.482 e. The van der Waals surface area contributed by atoms with Gasteiger partial charge in [0, 0.05) is 11.6 Å². The Hall–Kier alpha value is -2.79. The Labute approximate surface area is 188 Å². The summed E-state index contributed by atoms with van der Waals surface area (Å²) < 4.78 is 6.09. The quantitative estimate of drug-likeness (QED) is 0.700. The van der Waals surface area contributed by atoms with Crippen molar-refractivity contribution in [2.24, 2.45) is 0 Å². The smallest absolute Gasteiger partial charge is 0.289 e. The highest BCUT2D eigenvalue weighted by Crippen LogP contribution is 2.33. The van der Waals surface area contributed by atoms with Crippen molar-refractivity contribution in [2.75, 3.05) is 6.54 Å². The molecule has 2 aromatic carbocycles. The van der Waals surface area contributed by atoms with Gasteiger partial charge in [0.2, 0.25) is 5.91 Å². The lowest BCUT2D eigenvalue weighted by Gasteiger charge is -2.44. The molecule has 1 aliphatic heterocycles. The van der Waals surface area contributed by atoms with Crippen LogP contribution in [0.5, 0.6) is 0 Å². The zero-order valence-corrected chi connectivity index (χ0v) is 18.4. The van der Waals surface area contributed by atoms with E-state index in [0.29, 0.717) is 11.6 Å². The molecule has 2 fully saturated rings. The summed E-state index contributed by atoms with van der Waals surface area (Å²) in [6.45, 7) is 2.50. The van der Waals surface area contributed by atoms with Crippen LogP contribution in [0.2, 0.25) is 5.02 Å². The van der Waals surface area contributed by atoms with Crippen LogP contribution in [-0.4, -0.2) is 35.4 Å². The third-order valence-electron chi connectivity index (χ3n) is 5.89. The number of carbonyl (C=O) groups excluding carboxylic acids is 2. The summed E-state index contributed by atoms with van der Waals surface area (Å²) in [5.41, 5.74) is 3.01.